The smallest absolute Gasteiger partial charge is 0.259 e. The molecule has 2 aromatic rings. The van der Waals surface area contributed by atoms with Gasteiger partial charge >= 0.3 is 0 Å². The van der Waals surface area contributed by atoms with E-state index in [1.165, 1.54) is 7.11 Å². The summed E-state index contributed by atoms with van der Waals surface area (Å²) in [5.41, 5.74) is 0.378. The van der Waals surface area contributed by atoms with Crippen LogP contribution in [0.15, 0.2) is 48.7 Å². The Balaban J connectivity index is 2.30. The number of amides is 1. The van der Waals surface area contributed by atoms with Crippen LogP contribution in [0.1, 0.15) is 29.8 Å². The zero-order valence-corrected chi connectivity index (χ0v) is 13.7. The molecular weight excluding hydrogens is 292 g/mol. The van der Waals surface area contributed by atoms with E-state index >= 15 is 0 Å². The van der Waals surface area contributed by atoms with Crippen molar-refractivity contribution in [2.24, 2.45) is 0 Å². The Morgan fingerprint density at radius 2 is 1.91 bits per heavy atom. The highest BCUT2D eigenvalue weighted by Crippen LogP contribution is 2.19. The number of aliphatic hydroxyl groups is 1. The minimum Gasteiger partial charge on any atom is -0.480 e. The molecule has 0 atom stereocenters. The van der Waals surface area contributed by atoms with Gasteiger partial charge in [0.2, 0.25) is 5.88 Å². The van der Waals surface area contributed by atoms with E-state index in [2.05, 4.69) is 4.98 Å². The lowest BCUT2D eigenvalue weighted by Crippen LogP contribution is -2.42. The molecule has 1 N–H and O–H groups in total. The van der Waals surface area contributed by atoms with Crippen molar-refractivity contribution >= 4 is 5.91 Å². The highest BCUT2D eigenvalue weighted by molar-refractivity contribution is 5.96. The third-order valence-electron chi connectivity index (χ3n) is 3.28. The number of pyridine rings is 1. The standard InChI is InChI=1S/C18H22N2O3/c1-18(2,22)13-20(12-14-8-5-4-6-9-14)17(21)15-10-7-11-19-16(15)23-3/h4-11,22H,12-13H2,1-3H3. The van der Waals surface area contributed by atoms with Gasteiger partial charge in [0.15, 0.2) is 0 Å². The fourth-order valence-corrected chi connectivity index (χ4v) is 2.36. The Hall–Kier alpha value is -2.40. The zero-order chi connectivity index (χ0) is 16.9. The summed E-state index contributed by atoms with van der Waals surface area (Å²) in [4.78, 5) is 18.6. The predicted octanol–water partition coefficient (Wildman–Crippen LogP) is 2.50. The summed E-state index contributed by atoms with van der Waals surface area (Å²) in [5, 5.41) is 10.1. The topological polar surface area (TPSA) is 62.7 Å². The number of methoxy groups -OCH3 is 1. The van der Waals surface area contributed by atoms with Gasteiger partial charge < -0.3 is 14.7 Å². The monoisotopic (exact) mass is 314 g/mol. The van der Waals surface area contributed by atoms with Crippen LogP contribution in [0.4, 0.5) is 0 Å². The first-order valence-corrected chi connectivity index (χ1v) is 7.45. The first-order chi connectivity index (χ1) is 10.9. The SMILES string of the molecule is COc1ncccc1C(=O)N(Cc1ccccc1)CC(C)(C)O. The minimum absolute atomic E-state index is 0.207. The van der Waals surface area contributed by atoms with Gasteiger partial charge in [-0.3, -0.25) is 4.79 Å². The molecule has 1 aromatic carbocycles. The summed E-state index contributed by atoms with van der Waals surface area (Å²) in [6.45, 7) is 3.97. The fourth-order valence-electron chi connectivity index (χ4n) is 2.36. The molecule has 0 unspecified atom stereocenters. The van der Waals surface area contributed by atoms with Gasteiger partial charge in [-0.1, -0.05) is 30.3 Å². The maximum atomic E-state index is 12.9. The Morgan fingerprint density at radius 3 is 2.52 bits per heavy atom. The Morgan fingerprint density at radius 1 is 1.22 bits per heavy atom. The molecule has 5 heteroatoms. The van der Waals surface area contributed by atoms with E-state index in [0.29, 0.717) is 12.1 Å². The van der Waals surface area contributed by atoms with E-state index in [9.17, 15) is 9.90 Å². The van der Waals surface area contributed by atoms with Gasteiger partial charge in [0.05, 0.1) is 12.7 Å². The van der Waals surface area contributed by atoms with Crippen molar-refractivity contribution < 1.29 is 14.6 Å². The van der Waals surface area contributed by atoms with Crippen LogP contribution >= 0.6 is 0 Å². The lowest BCUT2D eigenvalue weighted by Gasteiger charge is -2.29. The van der Waals surface area contributed by atoms with Crippen LogP contribution in [0, 0.1) is 0 Å². The molecule has 0 spiro atoms. The number of hydrogen-bond donors (Lipinski definition) is 1. The number of carbonyl (C=O) groups excluding carboxylic acids is 1. The molecule has 1 aromatic heterocycles. The number of rotatable bonds is 6. The van der Waals surface area contributed by atoms with Crippen LogP contribution in [0.5, 0.6) is 5.88 Å². The van der Waals surface area contributed by atoms with Crippen LogP contribution in [0.2, 0.25) is 0 Å². The van der Waals surface area contributed by atoms with Crippen LogP contribution in [0.25, 0.3) is 0 Å². The molecule has 0 aliphatic rings. The van der Waals surface area contributed by atoms with Crippen LogP contribution in [-0.4, -0.2) is 40.2 Å². The summed E-state index contributed by atoms with van der Waals surface area (Å²) in [6, 6.07) is 13.0. The first-order valence-electron chi connectivity index (χ1n) is 7.45. The highest BCUT2D eigenvalue weighted by Gasteiger charge is 2.25. The summed E-state index contributed by atoms with van der Waals surface area (Å²) in [6.07, 6.45) is 1.58. The van der Waals surface area contributed by atoms with Crippen molar-refractivity contribution in [3.05, 3.63) is 59.8 Å². The van der Waals surface area contributed by atoms with E-state index in [4.69, 9.17) is 4.74 Å². The number of nitrogens with zero attached hydrogens (tertiary/aromatic N) is 2. The maximum Gasteiger partial charge on any atom is 0.259 e. The van der Waals surface area contributed by atoms with Gasteiger partial charge in [-0.25, -0.2) is 4.98 Å². The average Bonchev–Trinajstić information content (AvgIpc) is 2.53. The van der Waals surface area contributed by atoms with Crippen molar-refractivity contribution in [1.82, 2.24) is 9.88 Å². The summed E-state index contributed by atoms with van der Waals surface area (Å²) < 4.78 is 5.18. The maximum absolute atomic E-state index is 12.9. The van der Waals surface area contributed by atoms with Crippen molar-refractivity contribution in [2.45, 2.75) is 26.0 Å². The van der Waals surface area contributed by atoms with E-state index in [1.807, 2.05) is 30.3 Å². The summed E-state index contributed by atoms with van der Waals surface area (Å²) in [7, 11) is 1.48. The fraction of sp³-hybridized carbons (Fsp3) is 0.333. The Labute approximate surface area is 136 Å². The van der Waals surface area contributed by atoms with Crippen LogP contribution < -0.4 is 4.74 Å². The van der Waals surface area contributed by atoms with Gasteiger partial charge in [0.1, 0.15) is 5.56 Å². The molecule has 0 saturated heterocycles. The normalized spacial score (nSPS) is 11.1. The molecule has 0 bridgehead atoms. The van der Waals surface area contributed by atoms with Crippen LogP contribution in [-0.2, 0) is 6.54 Å². The van der Waals surface area contributed by atoms with Crippen molar-refractivity contribution in [3.63, 3.8) is 0 Å². The molecule has 1 amide bonds. The second-order valence-electron chi connectivity index (χ2n) is 6.02. The third-order valence-corrected chi connectivity index (χ3v) is 3.28. The van der Waals surface area contributed by atoms with Gasteiger partial charge in [-0.05, 0) is 31.5 Å². The van der Waals surface area contributed by atoms with Crippen molar-refractivity contribution in [1.29, 1.82) is 0 Å². The lowest BCUT2D eigenvalue weighted by atomic mass is 10.1. The molecule has 0 aliphatic carbocycles. The zero-order valence-electron chi connectivity index (χ0n) is 13.7. The average molecular weight is 314 g/mol. The molecular formula is C18H22N2O3. The number of benzene rings is 1. The molecule has 122 valence electrons. The molecule has 0 radical (unpaired) electrons. The van der Waals surface area contributed by atoms with Gasteiger partial charge in [0.25, 0.3) is 5.91 Å². The summed E-state index contributed by atoms with van der Waals surface area (Å²) in [5.74, 6) is 0.0623. The summed E-state index contributed by atoms with van der Waals surface area (Å²) >= 11 is 0. The van der Waals surface area contributed by atoms with Gasteiger partial charge in [-0.15, -0.1) is 0 Å². The van der Waals surface area contributed by atoms with Gasteiger partial charge in [0, 0.05) is 19.3 Å². The molecule has 0 fully saturated rings. The first kappa shape index (κ1) is 17.0. The van der Waals surface area contributed by atoms with E-state index in [0.717, 1.165) is 5.56 Å². The molecule has 23 heavy (non-hydrogen) atoms. The van der Waals surface area contributed by atoms with Crippen molar-refractivity contribution in [2.75, 3.05) is 13.7 Å². The van der Waals surface area contributed by atoms with Crippen molar-refractivity contribution in [3.8, 4) is 5.88 Å². The predicted molar refractivity (Wildman–Crippen MR) is 88.3 cm³/mol. The molecule has 0 aliphatic heterocycles. The second kappa shape index (κ2) is 7.24. The molecule has 1 heterocycles. The quantitative estimate of drug-likeness (QED) is 0.890. The lowest BCUT2D eigenvalue weighted by molar-refractivity contribution is 0.0278. The van der Waals surface area contributed by atoms with E-state index in [-0.39, 0.29) is 18.3 Å². The third kappa shape index (κ3) is 4.79. The Kier molecular flexibility index (Phi) is 5.34. The van der Waals surface area contributed by atoms with Gasteiger partial charge in [-0.2, -0.15) is 0 Å². The number of carbonyl (C=O) groups is 1. The van der Waals surface area contributed by atoms with Crippen LogP contribution in [0.3, 0.4) is 0 Å². The molecule has 0 saturated carbocycles. The largest absolute Gasteiger partial charge is 0.480 e. The minimum atomic E-state index is -1.00. The van der Waals surface area contributed by atoms with E-state index < -0.39 is 5.60 Å². The number of ether oxygens (including phenoxy) is 1. The second-order valence-corrected chi connectivity index (χ2v) is 6.02. The highest BCUT2D eigenvalue weighted by atomic mass is 16.5. The Bertz CT molecular complexity index is 651. The number of aromatic nitrogens is 1. The molecule has 2 rings (SSSR count). The number of hydrogen-bond acceptors (Lipinski definition) is 4. The molecule has 5 nitrogen and oxygen atoms in total. The van der Waals surface area contributed by atoms with E-state index in [1.54, 1.807) is 37.1 Å².